The molecule has 4 rings (SSSR count). The molecule has 1 saturated heterocycles. The molecule has 2 aromatic carbocycles. The SMILES string of the molecule is O=C(CCC1NC(=O)N(CCc2ccccc2)C1=O)NCCn1cnc2ccccc21. The molecule has 0 bridgehead atoms. The summed E-state index contributed by atoms with van der Waals surface area (Å²) in [5.74, 6) is -0.409. The molecule has 160 valence electrons. The van der Waals surface area contributed by atoms with Gasteiger partial charge >= 0.3 is 6.03 Å². The first-order valence-electron chi connectivity index (χ1n) is 10.4. The van der Waals surface area contributed by atoms with Crippen LogP contribution in [0.2, 0.25) is 0 Å². The Balaban J connectivity index is 1.20. The van der Waals surface area contributed by atoms with Crippen molar-refractivity contribution in [3.63, 3.8) is 0 Å². The second-order valence-corrected chi connectivity index (χ2v) is 7.54. The highest BCUT2D eigenvalue weighted by atomic mass is 16.2. The van der Waals surface area contributed by atoms with Gasteiger partial charge in [0.05, 0.1) is 17.4 Å². The Morgan fingerprint density at radius 2 is 1.81 bits per heavy atom. The minimum atomic E-state index is -0.647. The summed E-state index contributed by atoms with van der Waals surface area (Å²) >= 11 is 0. The summed E-state index contributed by atoms with van der Waals surface area (Å²) in [5.41, 5.74) is 3.00. The third-order valence-electron chi connectivity index (χ3n) is 5.44. The van der Waals surface area contributed by atoms with Crippen LogP contribution in [-0.2, 0) is 22.6 Å². The molecule has 8 heteroatoms. The van der Waals surface area contributed by atoms with Crippen LogP contribution in [0.4, 0.5) is 4.79 Å². The monoisotopic (exact) mass is 419 g/mol. The smallest absolute Gasteiger partial charge is 0.324 e. The van der Waals surface area contributed by atoms with E-state index in [2.05, 4.69) is 15.6 Å². The highest BCUT2D eigenvalue weighted by Crippen LogP contribution is 2.13. The number of imidazole rings is 1. The molecule has 2 heterocycles. The van der Waals surface area contributed by atoms with Crippen LogP contribution in [0.3, 0.4) is 0 Å². The van der Waals surface area contributed by atoms with Gasteiger partial charge in [0.15, 0.2) is 0 Å². The molecule has 0 radical (unpaired) electrons. The van der Waals surface area contributed by atoms with Gasteiger partial charge in [-0.25, -0.2) is 9.78 Å². The van der Waals surface area contributed by atoms with Crippen LogP contribution in [0.15, 0.2) is 60.9 Å². The highest BCUT2D eigenvalue weighted by molar-refractivity contribution is 6.04. The number of nitrogens with zero attached hydrogens (tertiary/aromatic N) is 3. The lowest BCUT2D eigenvalue weighted by atomic mass is 10.1. The van der Waals surface area contributed by atoms with Crippen molar-refractivity contribution in [2.45, 2.75) is 31.8 Å². The molecule has 1 aromatic heterocycles. The molecule has 0 saturated carbocycles. The molecule has 4 amide bonds. The number of rotatable bonds is 9. The van der Waals surface area contributed by atoms with Crippen molar-refractivity contribution in [1.82, 2.24) is 25.1 Å². The number of hydrogen-bond acceptors (Lipinski definition) is 4. The standard InChI is InChI=1S/C23H25N5O3/c29-21(24-13-15-27-16-25-18-8-4-5-9-20(18)27)11-10-19-22(30)28(23(31)26-19)14-12-17-6-2-1-3-7-17/h1-9,16,19H,10-15H2,(H,24,29)(H,26,31). The Kier molecular flexibility index (Phi) is 6.26. The van der Waals surface area contributed by atoms with E-state index >= 15 is 0 Å². The minimum absolute atomic E-state index is 0.144. The quantitative estimate of drug-likeness (QED) is 0.519. The van der Waals surface area contributed by atoms with Crippen molar-refractivity contribution in [3.05, 3.63) is 66.5 Å². The maximum Gasteiger partial charge on any atom is 0.324 e. The Hall–Kier alpha value is -3.68. The van der Waals surface area contributed by atoms with Gasteiger partial charge in [0.1, 0.15) is 6.04 Å². The van der Waals surface area contributed by atoms with Gasteiger partial charge in [-0.2, -0.15) is 0 Å². The number of imide groups is 1. The van der Waals surface area contributed by atoms with E-state index < -0.39 is 12.1 Å². The van der Waals surface area contributed by atoms with Crippen molar-refractivity contribution < 1.29 is 14.4 Å². The lowest BCUT2D eigenvalue weighted by Crippen LogP contribution is -2.34. The van der Waals surface area contributed by atoms with Crippen molar-refractivity contribution in [1.29, 1.82) is 0 Å². The number of hydrogen-bond donors (Lipinski definition) is 2. The Morgan fingerprint density at radius 3 is 2.65 bits per heavy atom. The molecule has 31 heavy (non-hydrogen) atoms. The lowest BCUT2D eigenvalue weighted by molar-refractivity contribution is -0.127. The van der Waals surface area contributed by atoms with Crippen LogP contribution >= 0.6 is 0 Å². The van der Waals surface area contributed by atoms with Gasteiger partial charge in [-0.15, -0.1) is 0 Å². The van der Waals surface area contributed by atoms with E-state index in [1.807, 2.05) is 59.2 Å². The van der Waals surface area contributed by atoms with Crippen molar-refractivity contribution >= 4 is 28.9 Å². The van der Waals surface area contributed by atoms with E-state index in [0.717, 1.165) is 16.6 Å². The van der Waals surface area contributed by atoms with Crippen LogP contribution in [0.25, 0.3) is 11.0 Å². The summed E-state index contributed by atoms with van der Waals surface area (Å²) in [5, 5.41) is 5.56. The predicted octanol–water partition coefficient (Wildman–Crippen LogP) is 2.10. The van der Waals surface area contributed by atoms with Gasteiger partial charge in [-0.1, -0.05) is 42.5 Å². The molecule has 0 aliphatic carbocycles. The predicted molar refractivity (Wildman–Crippen MR) is 116 cm³/mol. The zero-order chi connectivity index (χ0) is 21.6. The van der Waals surface area contributed by atoms with Crippen LogP contribution in [0, 0.1) is 0 Å². The fourth-order valence-corrected chi connectivity index (χ4v) is 3.74. The van der Waals surface area contributed by atoms with E-state index in [4.69, 9.17) is 0 Å². The van der Waals surface area contributed by atoms with Gasteiger partial charge in [-0.05, 0) is 30.5 Å². The number of nitrogens with one attached hydrogen (secondary N) is 2. The molecule has 1 atom stereocenters. The summed E-state index contributed by atoms with van der Waals surface area (Å²) in [6.07, 6.45) is 2.82. The van der Waals surface area contributed by atoms with Crippen molar-refractivity contribution in [3.8, 4) is 0 Å². The van der Waals surface area contributed by atoms with Gasteiger partial charge in [-0.3, -0.25) is 14.5 Å². The molecular weight excluding hydrogens is 394 g/mol. The highest BCUT2D eigenvalue weighted by Gasteiger charge is 2.37. The molecule has 3 aromatic rings. The molecule has 1 unspecified atom stereocenters. The lowest BCUT2D eigenvalue weighted by Gasteiger charge is -2.13. The van der Waals surface area contributed by atoms with Crippen molar-refractivity contribution in [2.75, 3.05) is 13.1 Å². The van der Waals surface area contributed by atoms with E-state index in [-0.39, 0.29) is 24.7 Å². The number of carbonyl (C=O) groups excluding carboxylic acids is 3. The molecule has 1 aliphatic rings. The largest absolute Gasteiger partial charge is 0.354 e. The Morgan fingerprint density at radius 1 is 1.03 bits per heavy atom. The van der Waals surface area contributed by atoms with Crippen LogP contribution in [-0.4, -0.2) is 51.4 Å². The first-order chi connectivity index (χ1) is 15.1. The summed E-state index contributed by atoms with van der Waals surface area (Å²) in [7, 11) is 0. The summed E-state index contributed by atoms with van der Waals surface area (Å²) < 4.78 is 1.99. The second kappa shape index (κ2) is 9.42. The van der Waals surface area contributed by atoms with Gasteiger partial charge in [0.2, 0.25) is 5.91 Å². The number of aromatic nitrogens is 2. The Labute approximate surface area is 180 Å². The molecule has 0 spiro atoms. The third kappa shape index (κ3) is 4.91. The number of amides is 4. The third-order valence-corrected chi connectivity index (χ3v) is 5.44. The number of urea groups is 1. The number of fused-ring (bicyclic) bond motifs is 1. The van der Waals surface area contributed by atoms with Crippen LogP contribution in [0.1, 0.15) is 18.4 Å². The van der Waals surface area contributed by atoms with Gasteiger partial charge in [0.25, 0.3) is 5.91 Å². The zero-order valence-corrected chi connectivity index (χ0v) is 17.2. The minimum Gasteiger partial charge on any atom is -0.354 e. The maximum absolute atomic E-state index is 12.5. The first kappa shape index (κ1) is 20.6. The summed E-state index contributed by atoms with van der Waals surface area (Å²) in [4.78, 5) is 42.5. The number of para-hydroxylation sites is 2. The molecule has 8 nitrogen and oxygen atoms in total. The molecular formula is C23H25N5O3. The average Bonchev–Trinajstić information content (AvgIpc) is 3.32. The topological polar surface area (TPSA) is 96.3 Å². The fraction of sp³-hybridized carbons (Fsp3) is 0.304. The molecule has 1 aliphatic heterocycles. The molecule has 1 fully saturated rings. The fourth-order valence-electron chi connectivity index (χ4n) is 3.74. The van der Waals surface area contributed by atoms with Crippen LogP contribution in [0.5, 0.6) is 0 Å². The van der Waals surface area contributed by atoms with Crippen LogP contribution < -0.4 is 10.6 Å². The number of carbonyl (C=O) groups is 3. The van der Waals surface area contributed by atoms with E-state index in [0.29, 0.717) is 26.1 Å². The summed E-state index contributed by atoms with van der Waals surface area (Å²) in [6, 6.07) is 16.5. The average molecular weight is 419 g/mol. The van der Waals surface area contributed by atoms with E-state index in [1.54, 1.807) is 6.33 Å². The second-order valence-electron chi connectivity index (χ2n) is 7.54. The van der Waals surface area contributed by atoms with Crippen molar-refractivity contribution in [2.24, 2.45) is 0 Å². The zero-order valence-electron chi connectivity index (χ0n) is 17.2. The molecule has 2 N–H and O–H groups in total. The van der Waals surface area contributed by atoms with E-state index in [1.165, 1.54) is 4.90 Å². The summed E-state index contributed by atoms with van der Waals surface area (Å²) in [6.45, 7) is 1.40. The first-order valence-corrected chi connectivity index (χ1v) is 10.4. The van der Waals surface area contributed by atoms with Gasteiger partial charge in [0, 0.05) is 26.1 Å². The Bertz CT molecular complexity index is 1080. The van der Waals surface area contributed by atoms with E-state index in [9.17, 15) is 14.4 Å². The number of benzene rings is 2. The normalized spacial score (nSPS) is 16.0. The maximum atomic E-state index is 12.5. The van der Waals surface area contributed by atoms with Gasteiger partial charge < -0.3 is 15.2 Å².